The van der Waals surface area contributed by atoms with Crippen molar-refractivity contribution in [1.82, 2.24) is 10.3 Å². The van der Waals surface area contributed by atoms with E-state index in [-0.39, 0.29) is 17.2 Å². The van der Waals surface area contributed by atoms with E-state index in [1.807, 2.05) is 13.8 Å². The van der Waals surface area contributed by atoms with Crippen LogP contribution in [-0.4, -0.2) is 28.6 Å². The number of hydrogen-bond acceptors (Lipinski definition) is 4. The second-order valence-electron chi connectivity index (χ2n) is 6.06. The zero-order valence-corrected chi connectivity index (χ0v) is 14.3. The van der Waals surface area contributed by atoms with Crippen LogP contribution in [0.25, 0.3) is 0 Å². The highest BCUT2D eigenvalue weighted by molar-refractivity contribution is 5.94. The number of aliphatic hydroxyl groups is 1. The predicted molar refractivity (Wildman–Crippen MR) is 91.7 cm³/mol. The van der Waals surface area contributed by atoms with Gasteiger partial charge in [-0.2, -0.15) is 13.2 Å². The molecule has 0 radical (unpaired) electrons. The molecule has 1 unspecified atom stereocenters. The molecule has 0 fully saturated rings. The molecule has 0 aliphatic heterocycles. The van der Waals surface area contributed by atoms with Crippen LogP contribution in [0.3, 0.4) is 0 Å². The van der Waals surface area contributed by atoms with Gasteiger partial charge in [-0.05, 0) is 43.7 Å². The van der Waals surface area contributed by atoms with E-state index >= 15 is 0 Å². The Hall–Kier alpha value is -2.61. The third-order valence-corrected chi connectivity index (χ3v) is 3.57. The largest absolute Gasteiger partial charge is 0.416 e. The van der Waals surface area contributed by atoms with E-state index in [2.05, 4.69) is 15.6 Å². The second kappa shape index (κ2) is 8.18. The number of carbonyl (C=O) groups excluding carboxylic acids is 1. The quantitative estimate of drug-likeness (QED) is 0.732. The summed E-state index contributed by atoms with van der Waals surface area (Å²) in [4.78, 5) is 16.4. The lowest BCUT2D eigenvalue weighted by Crippen LogP contribution is -2.31. The van der Waals surface area contributed by atoms with Gasteiger partial charge in [0.05, 0.1) is 23.8 Å². The van der Waals surface area contributed by atoms with E-state index in [4.69, 9.17) is 0 Å². The van der Waals surface area contributed by atoms with Crippen LogP contribution in [0.5, 0.6) is 0 Å². The lowest BCUT2D eigenvalue weighted by Gasteiger charge is -2.18. The molecule has 1 aromatic carbocycles. The number of hydrogen-bond donors (Lipinski definition) is 3. The molecule has 5 nitrogen and oxygen atoms in total. The van der Waals surface area contributed by atoms with Gasteiger partial charge in [0.2, 0.25) is 0 Å². The van der Waals surface area contributed by atoms with Crippen LogP contribution < -0.4 is 10.6 Å². The zero-order valence-electron chi connectivity index (χ0n) is 14.3. The number of carbonyl (C=O) groups is 1. The van der Waals surface area contributed by atoms with Crippen molar-refractivity contribution in [1.29, 1.82) is 0 Å². The fourth-order valence-electron chi connectivity index (χ4n) is 2.32. The molecule has 0 saturated heterocycles. The van der Waals surface area contributed by atoms with Gasteiger partial charge in [-0.25, -0.2) is 4.98 Å². The Balaban J connectivity index is 2.13. The van der Waals surface area contributed by atoms with Crippen LogP contribution in [0.1, 0.15) is 41.4 Å². The number of rotatable bonds is 6. The van der Waals surface area contributed by atoms with Gasteiger partial charge in [0, 0.05) is 12.2 Å². The molecule has 0 aliphatic carbocycles. The number of amides is 1. The maximum absolute atomic E-state index is 12.8. The molecule has 0 spiro atoms. The fraction of sp³-hybridized carbons (Fsp3) is 0.333. The van der Waals surface area contributed by atoms with Crippen LogP contribution in [0.2, 0.25) is 0 Å². The third-order valence-electron chi connectivity index (χ3n) is 3.57. The van der Waals surface area contributed by atoms with Crippen molar-refractivity contribution in [3.8, 4) is 0 Å². The zero-order chi connectivity index (χ0) is 19.3. The van der Waals surface area contributed by atoms with E-state index < -0.39 is 30.3 Å². The summed E-state index contributed by atoms with van der Waals surface area (Å²) in [5, 5.41) is 15.1. The highest BCUT2D eigenvalue weighted by atomic mass is 19.4. The standard InChI is InChI=1S/C18H20F3N3O2/c1-11(2)23-16-7-6-13(9-22-16)17(26)24-15(10-25)12-4-3-5-14(8-12)18(19,20)21/h3-9,11,15,25H,10H2,1-2H3,(H,22,23)(H,24,26). The SMILES string of the molecule is CC(C)Nc1ccc(C(=O)NC(CO)c2cccc(C(F)(F)F)c2)cn1. The summed E-state index contributed by atoms with van der Waals surface area (Å²) >= 11 is 0. The van der Waals surface area contributed by atoms with Crippen LogP contribution in [0.15, 0.2) is 42.6 Å². The molecule has 1 heterocycles. The number of alkyl halides is 3. The van der Waals surface area contributed by atoms with Gasteiger partial charge in [-0.1, -0.05) is 12.1 Å². The first-order valence-electron chi connectivity index (χ1n) is 8.02. The van der Waals surface area contributed by atoms with Crippen molar-refractivity contribution in [3.05, 3.63) is 59.3 Å². The average Bonchev–Trinajstić information content (AvgIpc) is 2.59. The first kappa shape index (κ1) is 19.7. The molecule has 3 N–H and O–H groups in total. The first-order valence-corrected chi connectivity index (χ1v) is 8.02. The topological polar surface area (TPSA) is 74.2 Å². The van der Waals surface area contributed by atoms with E-state index in [0.29, 0.717) is 5.82 Å². The normalized spacial score (nSPS) is 12.7. The Morgan fingerprint density at radius 2 is 1.96 bits per heavy atom. The average molecular weight is 367 g/mol. The molecule has 0 aliphatic rings. The Bertz CT molecular complexity index is 746. The number of nitrogens with zero attached hydrogens (tertiary/aromatic N) is 1. The number of benzene rings is 1. The Morgan fingerprint density at radius 3 is 2.50 bits per heavy atom. The molecule has 0 bridgehead atoms. The summed E-state index contributed by atoms with van der Waals surface area (Å²) in [6.07, 6.45) is -3.14. The summed E-state index contributed by atoms with van der Waals surface area (Å²) in [6, 6.07) is 6.91. The van der Waals surface area contributed by atoms with Gasteiger partial charge in [-0.15, -0.1) is 0 Å². The lowest BCUT2D eigenvalue weighted by atomic mass is 10.0. The van der Waals surface area contributed by atoms with E-state index in [1.165, 1.54) is 18.3 Å². The Kier molecular flexibility index (Phi) is 6.20. The van der Waals surface area contributed by atoms with Crippen molar-refractivity contribution in [2.24, 2.45) is 0 Å². The smallest absolute Gasteiger partial charge is 0.394 e. The van der Waals surface area contributed by atoms with Crippen molar-refractivity contribution in [2.45, 2.75) is 32.1 Å². The minimum Gasteiger partial charge on any atom is -0.394 e. The lowest BCUT2D eigenvalue weighted by molar-refractivity contribution is -0.137. The van der Waals surface area contributed by atoms with E-state index in [0.717, 1.165) is 12.1 Å². The minimum absolute atomic E-state index is 0.168. The monoisotopic (exact) mass is 367 g/mol. The molecule has 1 atom stereocenters. The summed E-state index contributed by atoms with van der Waals surface area (Å²) in [5.74, 6) is 0.0678. The van der Waals surface area contributed by atoms with E-state index in [1.54, 1.807) is 12.1 Å². The third kappa shape index (κ3) is 5.19. The van der Waals surface area contributed by atoms with Gasteiger partial charge in [0.15, 0.2) is 0 Å². The summed E-state index contributed by atoms with van der Waals surface area (Å²) in [5.41, 5.74) is -0.431. The van der Waals surface area contributed by atoms with E-state index in [9.17, 15) is 23.1 Å². The van der Waals surface area contributed by atoms with Crippen molar-refractivity contribution < 1.29 is 23.1 Å². The second-order valence-corrected chi connectivity index (χ2v) is 6.06. The van der Waals surface area contributed by atoms with Crippen LogP contribution in [0, 0.1) is 0 Å². The fourth-order valence-corrected chi connectivity index (χ4v) is 2.32. The molecule has 8 heteroatoms. The molecule has 0 saturated carbocycles. The van der Waals surface area contributed by atoms with Crippen LogP contribution in [-0.2, 0) is 6.18 Å². The Morgan fingerprint density at radius 1 is 1.23 bits per heavy atom. The summed E-state index contributed by atoms with van der Waals surface area (Å²) in [7, 11) is 0. The highest BCUT2D eigenvalue weighted by Gasteiger charge is 2.31. The summed E-state index contributed by atoms with van der Waals surface area (Å²) in [6.45, 7) is 3.36. The molecule has 2 rings (SSSR count). The number of pyridine rings is 1. The van der Waals surface area contributed by atoms with Gasteiger partial charge in [0.25, 0.3) is 5.91 Å². The number of anilines is 1. The van der Waals surface area contributed by atoms with Crippen LogP contribution in [0.4, 0.5) is 19.0 Å². The number of nitrogens with one attached hydrogen (secondary N) is 2. The molecule has 140 valence electrons. The molecular weight excluding hydrogens is 347 g/mol. The predicted octanol–water partition coefficient (Wildman–Crippen LogP) is 3.38. The van der Waals surface area contributed by atoms with Gasteiger partial charge >= 0.3 is 6.18 Å². The molecule has 2 aromatic rings. The number of aliphatic hydroxyl groups excluding tert-OH is 1. The van der Waals surface area contributed by atoms with Crippen LogP contribution >= 0.6 is 0 Å². The molecule has 1 aromatic heterocycles. The molecular formula is C18H20F3N3O2. The van der Waals surface area contributed by atoms with Gasteiger partial charge in [0.1, 0.15) is 5.82 Å². The highest BCUT2D eigenvalue weighted by Crippen LogP contribution is 2.30. The molecule has 26 heavy (non-hydrogen) atoms. The van der Waals surface area contributed by atoms with Crippen molar-refractivity contribution in [3.63, 3.8) is 0 Å². The first-order chi connectivity index (χ1) is 12.2. The maximum atomic E-state index is 12.8. The summed E-state index contributed by atoms with van der Waals surface area (Å²) < 4.78 is 38.5. The Labute approximate surface area is 149 Å². The minimum atomic E-state index is -4.50. The van der Waals surface area contributed by atoms with Gasteiger partial charge < -0.3 is 15.7 Å². The van der Waals surface area contributed by atoms with Crippen molar-refractivity contribution >= 4 is 11.7 Å². The molecule has 1 amide bonds. The number of halogens is 3. The van der Waals surface area contributed by atoms with Gasteiger partial charge in [-0.3, -0.25) is 4.79 Å². The number of aromatic nitrogens is 1. The maximum Gasteiger partial charge on any atom is 0.416 e. The van der Waals surface area contributed by atoms with Crippen molar-refractivity contribution in [2.75, 3.05) is 11.9 Å².